The number of likely N-dealkylation sites (N-methyl/N-ethyl adjacent to an activating group) is 1. The van der Waals surface area contributed by atoms with E-state index < -0.39 is 16.6 Å². The van der Waals surface area contributed by atoms with Gasteiger partial charge in [0.1, 0.15) is 18.0 Å². The average Bonchev–Trinajstić information content (AvgIpc) is 3.06. The molecule has 0 aliphatic heterocycles. The normalized spacial score (nSPS) is 11.7. The Bertz CT molecular complexity index is 1270. The van der Waals surface area contributed by atoms with Crippen LogP contribution in [0.1, 0.15) is 136 Å². The fourth-order valence-corrected chi connectivity index (χ4v) is 5.52. The maximum absolute atomic E-state index is 13.5. The van der Waals surface area contributed by atoms with Gasteiger partial charge in [-0.05, 0) is 75.2 Å². The zero-order chi connectivity index (χ0) is 35.9. The lowest BCUT2D eigenvalue weighted by molar-refractivity contribution is -0.384. The molecule has 0 fully saturated rings. The van der Waals surface area contributed by atoms with E-state index in [0.717, 1.165) is 12.8 Å². The molecular formula is C40H61N3O6. The third kappa shape index (κ3) is 19.0. The number of ether oxygens (including phenoxy) is 2. The van der Waals surface area contributed by atoms with Gasteiger partial charge in [0.15, 0.2) is 0 Å². The summed E-state index contributed by atoms with van der Waals surface area (Å²) in [6.07, 6.45) is 21.9. The number of non-ortho nitro benzene ring substituents is 1. The van der Waals surface area contributed by atoms with Crippen molar-refractivity contribution in [2.45, 2.75) is 136 Å². The molecule has 0 bridgehead atoms. The molecule has 0 heterocycles. The van der Waals surface area contributed by atoms with Crippen LogP contribution in [-0.2, 0) is 9.53 Å². The van der Waals surface area contributed by atoms with Crippen molar-refractivity contribution < 1.29 is 24.0 Å². The maximum atomic E-state index is 13.5. The highest BCUT2D eigenvalue weighted by molar-refractivity contribution is 5.98. The molecule has 2 aromatic rings. The van der Waals surface area contributed by atoms with Gasteiger partial charge in [-0.2, -0.15) is 0 Å². The summed E-state index contributed by atoms with van der Waals surface area (Å²) in [6, 6.07) is 12.9. The fourth-order valence-electron chi connectivity index (χ4n) is 5.52. The molecule has 0 aliphatic carbocycles. The number of nitro benzene ring substituents is 1. The van der Waals surface area contributed by atoms with Crippen molar-refractivity contribution in [2.24, 2.45) is 0 Å². The van der Waals surface area contributed by atoms with E-state index in [2.05, 4.69) is 12.2 Å². The van der Waals surface area contributed by atoms with Gasteiger partial charge >= 0.3 is 6.09 Å². The molecule has 1 N–H and O–H groups in total. The Balaban J connectivity index is 1.80. The molecule has 0 saturated heterocycles. The van der Waals surface area contributed by atoms with E-state index in [0.29, 0.717) is 29.1 Å². The summed E-state index contributed by atoms with van der Waals surface area (Å²) < 4.78 is 11.3. The highest BCUT2D eigenvalue weighted by Gasteiger charge is 2.18. The minimum absolute atomic E-state index is 0.0119. The Hall–Kier alpha value is -3.88. The van der Waals surface area contributed by atoms with Crippen LogP contribution in [0.2, 0.25) is 0 Å². The first kappa shape index (κ1) is 41.3. The number of hydrogen-bond donors (Lipinski definition) is 1. The molecule has 0 spiro atoms. The van der Waals surface area contributed by atoms with Crippen LogP contribution < -0.4 is 10.1 Å². The van der Waals surface area contributed by atoms with Gasteiger partial charge in [-0.25, -0.2) is 4.79 Å². The molecule has 0 unspecified atom stereocenters. The predicted octanol–water partition coefficient (Wildman–Crippen LogP) is 11.1. The van der Waals surface area contributed by atoms with Gasteiger partial charge in [0.05, 0.1) is 10.5 Å². The summed E-state index contributed by atoms with van der Waals surface area (Å²) in [7, 11) is 1.80. The number of carbonyl (C=O) groups is 2. The number of carbonyl (C=O) groups excluding carboxylic acids is 2. The van der Waals surface area contributed by atoms with Crippen LogP contribution >= 0.6 is 0 Å². The summed E-state index contributed by atoms with van der Waals surface area (Å²) in [4.78, 5) is 38.0. The monoisotopic (exact) mass is 679 g/mol. The first-order valence-corrected chi connectivity index (χ1v) is 18.4. The van der Waals surface area contributed by atoms with Gasteiger partial charge in [0.25, 0.3) is 11.6 Å². The maximum Gasteiger partial charge on any atom is 0.412 e. The molecule has 9 heteroatoms. The standard InChI is InChI=1S/C40H61N3O6/c1-6-7-8-9-10-11-12-13-14-15-16-17-18-19-20-21-30-42(5)38(44)34(31-33-22-26-36(27-23-33)43(46)47)32-48-37-28-24-35(25-29-37)41-39(45)49-40(2,3)4/h22-29,31H,6-21,30,32H2,1-5H3,(H,41,45)/b34-31+. The van der Waals surface area contributed by atoms with E-state index in [1.165, 1.54) is 102 Å². The van der Waals surface area contributed by atoms with E-state index in [9.17, 15) is 19.7 Å². The van der Waals surface area contributed by atoms with Crippen molar-refractivity contribution in [3.8, 4) is 5.75 Å². The molecule has 0 radical (unpaired) electrons. The lowest BCUT2D eigenvalue weighted by Crippen LogP contribution is -2.31. The number of nitrogens with zero attached hydrogens (tertiary/aromatic N) is 2. The van der Waals surface area contributed by atoms with Crippen LogP contribution in [0.25, 0.3) is 6.08 Å². The molecule has 0 aromatic heterocycles. The molecule has 2 rings (SSSR count). The molecule has 9 nitrogen and oxygen atoms in total. The topological polar surface area (TPSA) is 111 Å². The van der Waals surface area contributed by atoms with Crippen LogP contribution in [-0.4, -0.2) is 47.6 Å². The predicted molar refractivity (Wildman–Crippen MR) is 200 cm³/mol. The van der Waals surface area contributed by atoms with Crippen molar-refractivity contribution in [2.75, 3.05) is 25.5 Å². The summed E-state index contributed by atoms with van der Waals surface area (Å²) in [5, 5.41) is 13.8. The van der Waals surface area contributed by atoms with Gasteiger partial charge in [0, 0.05) is 31.4 Å². The van der Waals surface area contributed by atoms with Crippen LogP contribution in [0.5, 0.6) is 5.75 Å². The molecule has 0 atom stereocenters. The zero-order valence-electron chi connectivity index (χ0n) is 30.8. The molecule has 0 aliphatic rings. The smallest absolute Gasteiger partial charge is 0.412 e. The third-order valence-corrected chi connectivity index (χ3v) is 8.31. The SMILES string of the molecule is CCCCCCCCCCCCCCCCCCN(C)C(=O)/C(=C/c1ccc([N+](=O)[O-])cc1)COc1ccc(NC(=O)OC(C)(C)C)cc1. The Kier molecular flexibility index (Phi) is 19.8. The van der Waals surface area contributed by atoms with Crippen LogP contribution in [0, 0.1) is 10.1 Å². The number of rotatable bonds is 24. The number of hydrogen-bond acceptors (Lipinski definition) is 6. The molecule has 0 saturated carbocycles. The first-order chi connectivity index (χ1) is 23.5. The van der Waals surface area contributed by atoms with Gasteiger partial charge in [-0.1, -0.05) is 103 Å². The Labute approximate surface area is 295 Å². The minimum Gasteiger partial charge on any atom is -0.489 e. The van der Waals surface area contributed by atoms with E-state index in [1.54, 1.807) is 75.2 Å². The van der Waals surface area contributed by atoms with Crippen molar-refractivity contribution in [3.05, 3.63) is 69.8 Å². The van der Waals surface area contributed by atoms with Crippen molar-refractivity contribution >= 4 is 29.5 Å². The largest absolute Gasteiger partial charge is 0.489 e. The second-order valence-corrected chi connectivity index (χ2v) is 14.0. The third-order valence-electron chi connectivity index (χ3n) is 8.31. The fraction of sp³-hybridized carbons (Fsp3) is 0.600. The van der Waals surface area contributed by atoms with E-state index >= 15 is 0 Å². The van der Waals surface area contributed by atoms with Crippen molar-refractivity contribution in [3.63, 3.8) is 0 Å². The number of nitro groups is 1. The second kappa shape index (κ2) is 23.5. The molecule has 49 heavy (non-hydrogen) atoms. The quantitative estimate of drug-likeness (QED) is 0.0511. The van der Waals surface area contributed by atoms with Gasteiger partial charge in [0.2, 0.25) is 0 Å². The van der Waals surface area contributed by atoms with Crippen molar-refractivity contribution in [1.29, 1.82) is 0 Å². The van der Waals surface area contributed by atoms with Crippen LogP contribution in [0.15, 0.2) is 54.1 Å². The van der Waals surface area contributed by atoms with Gasteiger partial charge in [-0.3, -0.25) is 20.2 Å². The molecular weight excluding hydrogens is 618 g/mol. The van der Waals surface area contributed by atoms with E-state index in [1.807, 2.05) is 0 Å². The lowest BCUT2D eigenvalue weighted by Gasteiger charge is -2.20. The highest BCUT2D eigenvalue weighted by Crippen LogP contribution is 2.21. The molecule has 272 valence electrons. The number of anilines is 1. The second-order valence-electron chi connectivity index (χ2n) is 14.0. The van der Waals surface area contributed by atoms with Gasteiger partial charge in [-0.15, -0.1) is 0 Å². The van der Waals surface area contributed by atoms with E-state index in [4.69, 9.17) is 9.47 Å². The van der Waals surface area contributed by atoms with Crippen molar-refractivity contribution in [1.82, 2.24) is 4.90 Å². The Morgan fingerprint density at radius 3 is 1.73 bits per heavy atom. The summed E-state index contributed by atoms with van der Waals surface area (Å²) >= 11 is 0. The number of unbranched alkanes of at least 4 members (excludes halogenated alkanes) is 15. The highest BCUT2D eigenvalue weighted by atomic mass is 16.6. The Morgan fingerprint density at radius 2 is 1.27 bits per heavy atom. The van der Waals surface area contributed by atoms with Crippen LogP contribution in [0.3, 0.4) is 0 Å². The number of amides is 2. The molecule has 2 aromatic carbocycles. The summed E-state index contributed by atoms with van der Waals surface area (Å²) in [6.45, 7) is 8.31. The average molecular weight is 680 g/mol. The van der Waals surface area contributed by atoms with Crippen LogP contribution in [0.4, 0.5) is 16.2 Å². The number of nitrogens with one attached hydrogen (secondary N) is 1. The summed E-state index contributed by atoms with van der Waals surface area (Å²) in [5.74, 6) is 0.375. The summed E-state index contributed by atoms with van der Waals surface area (Å²) in [5.41, 5.74) is 1.04. The van der Waals surface area contributed by atoms with Gasteiger partial charge < -0.3 is 14.4 Å². The minimum atomic E-state index is -0.606. The lowest BCUT2D eigenvalue weighted by atomic mass is 10.0. The molecule has 2 amide bonds. The number of benzene rings is 2. The zero-order valence-corrected chi connectivity index (χ0v) is 30.8. The Morgan fingerprint density at radius 1 is 0.776 bits per heavy atom. The first-order valence-electron chi connectivity index (χ1n) is 18.4. The van der Waals surface area contributed by atoms with E-state index in [-0.39, 0.29) is 18.2 Å².